The first-order valence-electron chi connectivity index (χ1n) is 5.67. The van der Waals surface area contributed by atoms with Crippen molar-refractivity contribution in [1.29, 1.82) is 0 Å². The first kappa shape index (κ1) is 16.1. The third kappa shape index (κ3) is 3.52. The Morgan fingerprint density at radius 2 is 1.85 bits per heavy atom. The molecule has 0 saturated heterocycles. The van der Waals surface area contributed by atoms with Crippen LogP contribution >= 0.6 is 0 Å². The Kier molecular flexibility index (Phi) is 5.60. The number of hydrogen-bond acceptors (Lipinski definition) is 5. The first-order chi connectivity index (χ1) is 9.42. The maximum atomic E-state index is 13.7. The average Bonchev–Trinajstić information content (AvgIpc) is 2.44. The topological polar surface area (TPSA) is 42.0 Å². The number of halogens is 2. The highest BCUT2D eigenvalue weighted by Gasteiger charge is 2.23. The van der Waals surface area contributed by atoms with Gasteiger partial charge in [0.15, 0.2) is 0 Å². The van der Waals surface area contributed by atoms with Crippen LogP contribution in [-0.4, -0.2) is 37.4 Å². The first-order valence-corrected chi connectivity index (χ1v) is 5.67. The smallest absolute Gasteiger partial charge is 0.355 e. The van der Waals surface area contributed by atoms with Crippen LogP contribution < -0.4 is 0 Å². The molecule has 1 rings (SSSR count). The van der Waals surface area contributed by atoms with Crippen molar-refractivity contribution in [3.63, 3.8) is 0 Å². The van der Waals surface area contributed by atoms with Gasteiger partial charge in [0.05, 0.1) is 20.8 Å². The lowest BCUT2D eigenvalue weighted by Gasteiger charge is -2.31. The Hall–Kier alpha value is -1.99. The molecule has 0 aliphatic heterocycles. The van der Waals surface area contributed by atoms with Crippen molar-refractivity contribution < 1.29 is 23.1 Å². The zero-order valence-corrected chi connectivity index (χ0v) is 11.5. The monoisotopic (exact) mass is 286 g/mol. The molecule has 5 nitrogen and oxygen atoms in total. The molecule has 7 heteroatoms. The fourth-order valence-electron chi connectivity index (χ4n) is 1.52. The number of nitrogens with zero attached hydrogens (tertiary/aromatic N) is 2. The second-order valence-electron chi connectivity index (χ2n) is 3.84. The molecule has 0 radical (unpaired) electrons. The van der Waals surface area contributed by atoms with Crippen LogP contribution in [0.2, 0.25) is 0 Å². The van der Waals surface area contributed by atoms with E-state index in [9.17, 15) is 13.6 Å². The number of ether oxygens (including phenoxy) is 1. The lowest BCUT2D eigenvalue weighted by Crippen LogP contribution is -2.40. The minimum Gasteiger partial charge on any atom is -0.464 e. The predicted octanol–water partition coefficient (Wildman–Crippen LogP) is 1.86. The molecule has 0 aliphatic rings. The molecule has 110 valence electrons. The molecule has 0 bridgehead atoms. The van der Waals surface area contributed by atoms with Crippen LogP contribution in [0.1, 0.15) is 5.56 Å². The summed E-state index contributed by atoms with van der Waals surface area (Å²) in [6.07, 6.45) is 0. The van der Waals surface area contributed by atoms with Gasteiger partial charge < -0.3 is 4.74 Å². The normalized spacial score (nSPS) is 10.5. The summed E-state index contributed by atoms with van der Waals surface area (Å²) in [5.41, 5.74) is -0.319. The number of hydroxylamine groups is 1. The van der Waals surface area contributed by atoms with Crippen LogP contribution in [0.15, 0.2) is 30.5 Å². The van der Waals surface area contributed by atoms with E-state index < -0.39 is 17.6 Å². The van der Waals surface area contributed by atoms with Gasteiger partial charge in [-0.2, -0.15) is 0 Å². The van der Waals surface area contributed by atoms with E-state index in [0.717, 1.165) is 22.3 Å². The standard InChI is InChI=1S/C13H16F2N2O3/c1-9(13(18)19-3)17(16(2)20-4)8-10-11(14)6-5-7-12(10)15/h5-7H,1,8H2,2-4H3. The van der Waals surface area contributed by atoms with Crippen LogP contribution in [0.3, 0.4) is 0 Å². The predicted molar refractivity (Wildman–Crippen MR) is 67.8 cm³/mol. The molecule has 20 heavy (non-hydrogen) atoms. The molecule has 0 saturated carbocycles. The van der Waals surface area contributed by atoms with Crippen LogP contribution in [-0.2, 0) is 20.9 Å². The van der Waals surface area contributed by atoms with E-state index in [0.29, 0.717) is 0 Å². The van der Waals surface area contributed by atoms with E-state index in [4.69, 9.17) is 4.84 Å². The Bertz CT molecular complexity index is 488. The molecular formula is C13H16F2N2O3. The van der Waals surface area contributed by atoms with Gasteiger partial charge in [-0.3, -0.25) is 9.85 Å². The summed E-state index contributed by atoms with van der Waals surface area (Å²) in [6.45, 7) is 3.27. The van der Waals surface area contributed by atoms with Gasteiger partial charge in [0.1, 0.15) is 17.3 Å². The fourth-order valence-corrected chi connectivity index (χ4v) is 1.52. The summed E-state index contributed by atoms with van der Waals surface area (Å²) in [5, 5.41) is 2.29. The molecule has 0 aromatic heterocycles. The zero-order chi connectivity index (χ0) is 15.3. The molecule has 0 heterocycles. The quantitative estimate of drug-likeness (QED) is 0.453. The molecule has 0 aliphatic carbocycles. The number of carbonyl (C=O) groups excluding carboxylic acids is 1. The second kappa shape index (κ2) is 6.97. The molecule has 0 N–H and O–H groups in total. The summed E-state index contributed by atoms with van der Waals surface area (Å²) in [4.78, 5) is 16.4. The summed E-state index contributed by atoms with van der Waals surface area (Å²) >= 11 is 0. The van der Waals surface area contributed by atoms with Gasteiger partial charge in [0, 0.05) is 12.6 Å². The van der Waals surface area contributed by atoms with Gasteiger partial charge in [-0.1, -0.05) is 12.6 Å². The third-order valence-electron chi connectivity index (χ3n) is 2.71. The van der Waals surface area contributed by atoms with E-state index in [-0.39, 0.29) is 17.8 Å². The molecule has 1 aromatic rings. The number of rotatable bonds is 6. The summed E-state index contributed by atoms with van der Waals surface area (Å²) < 4.78 is 31.8. The summed E-state index contributed by atoms with van der Waals surface area (Å²) in [5.74, 6) is -2.18. The minimum absolute atomic E-state index is 0.112. The SMILES string of the molecule is C=C(C(=O)OC)N(Cc1c(F)cccc1F)N(C)OC. The summed E-state index contributed by atoms with van der Waals surface area (Å²) in [7, 11) is 3.99. The number of esters is 1. The van der Waals surface area contributed by atoms with Gasteiger partial charge in [0.25, 0.3) is 0 Å². The van der Waals surface area contributed by atoms with Gasteiger partial charge in [-0.25, -0.2) is 13.6 Å². The maximum absolute atomic E-state index is 13.7. The number of hydrogen-bond donors (Lipinski definition) is 0. The molecule has 1 aromatic carbocycles. The largest absolute Gasteiger partial charge is 0.464 e. The van der Waals surface area contributed by atoms with Gasteiger partial charge in [-0.05, 0) is 12.1 Å². The molecule has 0 fully saturated rings. The van der Waals surface area contributed by atoms with Crippen molar-refractivity contribution in [2.45, 2.75) is 6.54 Å². The Morgan fingerprint density at radius 3 is 2.30 bits per heavy atom. The van der Waals surface area contributed by atoms with Crippen molar-refractivity contribution in [2.24, 2.45) is 0 Å². The fraction of sp³-hybridized carbons (Fsp3) is 0.308. The van der Waals surface area contributed by atoms with Crippen molar-refractivity contribution >= 4 is 5.97 Å². The van der Waals surface area contributed by atoms with Crippen molar-refractivity contribution in [2.75, 3.05) is 21.3 Å². The van der Waals surface area contributed by atoms with Crippen LogP contribution in [0.5, 0.6) is 0 Å². The highest BCUT2D eigenvalue weighted by atomic mass is 19.1. The number of hydrazine groups is 1. The Morgan fingerprint density at radius 1 is 1.30 bits per heavy atom. The average molecular weight is 286 g/mol. The van der Waals surface area contributed by atoms with Gasteiger partial charge >= 0.3 is 5.97 Å². The number of carbonyl (C=O) groups is 1. The number of methoxy groups -OCH3 is 1. The van der Waals surface area contributed by atoms with Crippen LogP contribution in [0.4, 0.5) is 8.78 Å². The van der Waals surface area contributed by atoms with Gasteiger partial charge in [-0.15, -0.1) is 5.17 Å². The van der Waals surface area contributed by atoms with E-state index in [1.807, 2.05) is 0 Å². The molecule has 0 unspecified atom stereocenters. The van der Waals surface area contributed by atoms with Crippen molar-refractivity contribution in [3.8, 4) is 0 Å². The van der Waals surface area contributed by atoms with Crippen LogP contribution in [0.25, 0.3) is 0 Å². The number of benzene rings is 1. The Labute approximate surface area is 115 Å². The Balaban J connectivity index is 3.07. The molecular weight excluding hydrogens is 270 g/mol. The van der Waals surface area contributed by atoms with Crippen molar-refractivity contribution in [3.05, 3.63) is 47.7 Å². The maximum Gasteiger partial charge on any atom is 0.355 e. The van der Waals surface area contributed by atoms with E-state index in [2.05, 4.69) is 11.3 Å². The minimum atomic E-state index is -0.731. The van der Waals surface area contributed by atoms with E-state index in [1.54, 1.807) is 0 Å². The van der Waals surface area contributed by atoms with Gasteiger partial charge in [0.2, 0.25) is 0 Å². The summed E-state index contributed by atoms with van der Waals surface area (Å²) in [6, 6.07) is 3.52. The van der Waals surface area contributed by atoms with E-state index >= 15 is 0 Å². The third-order valence-corrected chi connectivity index (χ3v) is 2.71. The zero-order valence-electron chi connectivity index (χ0n) is 11.5. The van der Waals surface area contributed by atoms with Crippen LogP contribution in [0, 0.1) is 11.6 Å². The van der Waals surface area contributed by atoms with Crippen molar-refractivity contribution in [1.82, 2.24) is 10.2 Å². The second-order valence-corrected chi connectivity index (χ2v) is 3.84. The molecule has 0 atom stereocenters. The lowest BCUT2D eigenvalue weighted by atomic mass is 10.2. The molecule has 0 spiro atoms. The highest BCUT2D eigenvalue weighted by molar-refractivity contribution is 5.86. The van der Waals surface area contributed by atoms with E-state index in [1.165, 1.54) is 27.3 Å². The highest BCUT2D eigenvalue weighted by Crippen LogP contribution is 2.18. The molecule has 0 amide bonds. The lowest BCUT2D eigenvalue weighted by molar-refractivity contribution is -0.241.